The van der Waals surface area contributed by atoms with Gasteiger partial charge >= 0.3 is 5.97 Å². The quantitative estimate of drug-likeness (QED) is 0.514. The van der Waals surface area contributed by atoms with E-state index in [1.807, 2.05) is 13.8 Å². The number of aliphatic hydroxyl groups is 2. The number of hydrogen-bond acceptors (Lipinski definition) is 4. The van der Waals surface area contributed by atoms with E-state index in [2.05, 4.69) is 6.58 Å². The van der Waals surface area contributed by atoms with Crippen LogP contribution in [0.5, 0.6) is 0 Å². The molecule has 0 aromatic heterocycles. The van der Waals surface area contributed by atoms with Crippen LogP contribution in [0.15, 0.2) is 12.2 Å². The van der Waals surface area contributed by atoms with Gasteiger partial charge in [-0.1, -0.05) is 20.4 Å². The molecule has 1 saturated heterocycles. The molecule has 0 aromatic rings. The van der Waals surface area contributed by atoms with Crippen molar-refractivity contribution in [1.29, 1.82) is 0 Å². The molecule has 2 N–H and O–H groups in total. The molecule has 0 amide bonds. The highest BCUT2D eigenvalue weighted by atomic mass is 16.6. The predicted molar refractivity (Wildman–Crippen MR) is 69.2 cm³/mol. The molecule has 6 atom stereocenters. The fourth-order valence-electron chi connectivity index (χ4n) is 4.38. The van der Waals surface area contributed by atoms with Crippen molar-refractivity contribution in [2.75, 3.05) is 0 Å². The first kappa shape index (κ1) is 13.1. The highest BCUT2D eigenvalue weighted by Gasteiger charge is 2.67. The number of esters is 1. The van der Waals surface area contributed by atoms with Gasteiger partial charge in [0.15, 0.2) is 0 Å². The lowest BCUT2D eigenvalue weighted by Gasteiger charge is -2.58. The maximum absolute atomic E-state index is 11.8. The molecule has 1 unspecified atom stereocenters. The molecule has 4 heteroatoms. The van der Waals surface area contributed by atoms with Crippen LogP contribution in [0.4, 0.5) is 0 Å². The van der Waals surface area contributed by atoms with Crippen LogP contribution in [-0.4, -0.2) is 34.0 Å². The van der Waals surface area contributed by atoms with Gasteiger partial charge in [0.25, 0.3) is 0 Å². The third kappa shape index (κ3) is 1.39. The Morgan fingerprint density at radius 2 is 2.11 bits per heavy atom. The predicted octanol–water partition coefficient (Wildman–Crippen LogP) is 1.41. The van der Waals surface area contributed by atoms with Crippen LogP contribution >= 0.6 is 0 Å². The van der Waals surface area contributed by atoms with Crippen molar-refractivity contribution in [3.63, 3.8) is 0 Å². The minimum absolute atomic E-state index is 0.0348. The summed E-state index contributed by atoms with van der Waals surface area (Å²) in [6, 6.07) is 0. The summed E-state index contributed by atoms with van der Waals surface area (Å²) in [5.41, 5.74) is -1.24. The first-order valence-electron chi connectivity index (χ1n) is 7.11. The second-order valence-electron chi connectivity index (χ2n) is 6.69. The number of ether oxygens (including phenoxy) is 1. The van der Waals surface area contributed by atoms with Crippen LogP contribution in [0.1, 0.15) is 39.5 Å². The number of aliphatic hydroxyl groups excluding tert-OH is 1. The van der Waals surface area contributed by atoms with E-state index in [0.717, 1.165) is 6.42 Å². The molecule has 3 aliphatic rings. The molecule has 3 fully saturated rings. The Labute approximate surface area is 113 Å². The summed E-state index contributed by atoms with van der Waals surface area (Å²) in [7, 11) is 0. The minimum Gasteiger partial charge on any atom is -0.458 e. The Morgan fingerprint density at radius 3 is 2.79 bits per heavy atom. The first-order chi connectivity index (χ1) is 8.82. The molecule has 2 aliphatic carbocycles. The monoisotopic (exact) mass is 266 g/mol. The van der Waals surface area contributed by atoms with Crippen molar-refractivity contribution >= 4 is 5.97 Å². The molecule has 0 radical (unpaired) electrons. The van der Waals surface area contributed by atoms with E-state index in [-0.39, 0.29) is 17.8 Å². The van der Waals surface area contributed by atoms with Crippen molar-refractivity contribution in [3.8, 4) is 0 Å². The van der Waals surface area contributed by atoms with Crippen molar-refractivity contribution < 1.29 is 19.7 Å². The summed E-state index contributed by atoms with van der Waals surface area (Å²) in [5, 5.41) is 21.6. The number of hydrogen-bond donors (Lipinski definition) is 2. The van der Waals surface area contributed by atoms with Gasteiger partial charge in [0, 0.05) is 11.3 Å². The molecule has 3 rings (SSSR count). The van der Waals surface area contributed by atoms with Gasteiger partial charge in [-0.05, 0) is 31.3 Å². The van der Waals surface area contributed by atoms with Gasteiger partial charge in [0.1, 0.15) is 11.7 Å². The SMILES string of the molecule is C=C1CC[C@@H](O)[C@]2(C)CCC3[C@H](C)C(=O)O[C@@H]3[C@@]12O. The number of carbonyl (C=O) groups is 1. The summed E-state index contributed by atoms with van der Waals surface area (Å²) in [6.07, 6.45) is 1.60. The van der Waals surface area contributed by atoms with E-state index in [9.17, 15) is 15.0 Å². The van der Waals surface area contributed by atoms with E-state index >= 15 is 0 Å². The second kappa shape index (κ2) is 3.83. The zero-order valence-corrected chi connectivity index (χ0v) is 11.6. The third-order valence-electron chi connectivity index (χ3n) is 5.92. The molecular formula is C15H22O4. The van der Waals surface area contributed by atoms with Crippen molar-refractivity contribution in [2.45, 2.75) is 57.3 Å². The normalized spacial score (nSPS) is 53.5. The van der Waals surface area contributed by atoms with Crippen LogP contribution in [-0.2, 0) is 9.53 Å². The zero-order chi connectivity index (χ0) is 14.0. The molecule has 0 bridgehead atoms. The average molecular weight is 266 g/mol. The fourth-order valence-corrected chi connectivity index (χ4v) is 4.38. The summed E-state index contributed by atoms with van der Waals surface area (Å²) >= 11 is 0. The molecule has 1 aliphatic heterocycles. The molecule has 0 aromatic carbocycles. The molecule has 2 saturated carbocycles. The highest BCUT2D eigenvalue weighted by molar-refractivity contribution is 5.75. The number of carbonyl (C=O) groups excluding carboxylic acids is 1. The van der Waals surface area contributed by atoms with E-state index in [1.54, 1.807) is 0 Å². The Hall–Kier alpha value is -0.870. The molecule has 106 valence electrons. The smallest absolute Gasteiger partial charge is 0.309 e. The van der Waals surface area contributed by atoms with Gasteiger partial charge < -0.3 is 14.9 Å². The summed E-state index contributed by atoms with van der Waals surface area (Å²) in [4.78, 5) is 11.8. The van der Waals surface area contributed by atoms with Crippen LogP contribution in [0.2, 0.25) is 0 Å². The summed E-state index contributed by atoms with van der Waals surface area (Å²) < 4.78 is 5.47. The topological polar surface area (TPSA) is 66.8 Å². The average Bonchev–Trinajstić information content (AvgIpc) is 2.66. The van der Waals surface area contributed by atoms with Crippen molar-refractivity contribution in [2.24, 2.45) is 17.3 Å². The number of rotatable bonds is 0. The Balaban J connectivity index is 2.08. The van der Waals surface area contributed by atoms with Crippen LogP contribution in [0, 0.1) is 17.3 Å². The largest absolute Gasteiger partial charge is 0.458 e. The van der Waals surface area contributed by atoms with E-state index in [1.165, 1.54) is 0 Å². The highest BCUT2D eigenvalue weighted by Crippen LogP contribution is 2.59. The molecule has 4 nitrogen and oxygen atoms in total. The van der Waals surface area contributed by atoms with Gasteiger partial charge in [-0.3, -0.25) is 4.79 Å². The summed E-state index contributed by atoms with van der Waals surface area (Å²) in [5.74, 6) is -0.376. The third-order valence-corrected chi connectivity index (χ3v) is 5.92. The second-order valence-corrected chi connectivity index (χ2v) is 6.69. The maximum atomic E-state index is 11.8. The van der Waals surface area contributed by atoms with Gasteiger partial charge in [0.05, 0.1) is 12.0 Å². The first-order valence-corrected chi connectivity index (χ1v) is 7.11. The molecule has 1 heterocycles. The van der Waals surface area contributed by atoms with Gasteiger partial charge in [-0.25, -0.2) is 0 Å². The maximum Gasteiger partial charge on any atom is 0.309 e. The van der Waals surface area contributed by atoms with E-state index in [0.29, 0.717) is 24.8 Å². The standard InChI is InChI=1S/C15H22O4/c1-8-4-5-11(16)14(3)7-6-10-9(2)13(17)19-12(10)15(8,14)18/h9-12,16,18H,1,4-7H2,2-3H3/t9-,10?,11+,12-,14-,15-/m0/s1. The van der Waals surface area contributed by atoms with Gasteiger partial charge in [0.2, 0.25) is 0 Å². The lowest BCUT2D eigenvalue weighted by atomic mass is 9.51. The van der Waals surface area contributed by atoms with Crippen molar-refractivity contribution in [1.82, 2.24) is 0 Å². The van der Waals surface area contributed by atoms with Crippen LogP contribution < -0.4 is 0 Å². The van der Waals surface area contributed by atoms with Gasteiger partial charge in [-0.2, -0.15) is 0 Å². The number of fused-ring (bicyclic) bond motifs is 3. The lowest BCUT2D eigenvalue weighted by molar-refractivity contribution is -0.216. The minimum atomic E-state index is -1.28. The summed E-state index contributed by atoms with van der Waals surface area (Å²) in [6.45, 7) is 7.77. The van der Waals surface area contributed by atoms with Gasteiger partial charge in [-0.15, -0.1) is 0 Å². The Bertz CT molecular complexity index is 445. The van der Waals surface area contributed by atoms with E-state index in [4.69, 9.17) is 4.74 Å². The lowest BCUT2D eigenvalue weighted by Crippen LogP contribution is -2.67. The molecule has 19 heavy (non-hydrogen) atoms. The molecule has 0 spiro atoms. The molecular weight excluding hydrogens is 244 g/mol. The van der Waals surface area contributed by atoms with Crippen LogP contribution in [0.25, 0.3) is 0 Å². The fraction of sp³-hybridized carbons (Fsp3) is 0.800. The van der Waals surface area contributed by atoms with Crippen molar-refractivity contribution in [3.05, 3.63) is 12.2 Å². The van der Waals surface area contributed by atoms with Crippen LogP contribution in [0.3, 0.4) is 0 Å². The zero-order valence-electron chi connectivity index (χ0n) is 11.6. The Morgan fingerprint density at radius 1 is 1.42 bits per heavy atom. The van der Waals surface area contributed by atoms with E-state index < -0.39 is 23.2 Å². The Kier molecular flexibility index (Phi) is 2.64.